The molecule has 0 radical (unpaired) electrons. The molecule has 3 aliphatic rings. The van der Waals surface area contributed by atoms with Gasteiger partial charge in [0.2, 0.25) is 0 Å². The van der Waals surface area contributed by atoms with Gasteiger partial charge in [-0.15, -0.1) is 0 Å². The minimum absolute atomic E-state index is 0.302. The van der Waals surface area contributed by atoms with Crippen LogP contribution in [0.3, 0.4) is 0 Å². The lowest BCUT2D eigenvalue weighted by Crippen LogP contribution is -2.48. The van der Waals surface area contributed by atoms with Gasteiger partial charge in [-0.1, -0.05) is 42.5 Å². The fourth-order valence-corrected chi connectivity index (χ4v) is 5.03. The predicted octanol–water partition coefficient (Wildman–Crippen LogP) is 4.58. The van der Waals surface area contributed by atoms with Crippen LogP contribution < -0.4 is 0 Å². The molecule has 0 saturated heterocycles. The largest absolute Gasteiger partial charge is 0.389 e. The van der Waals surface area contributed by atoms with E-state index in [1.54, 1.807) is 0 Å². The lowest BCUT2D eigenvalue weighted by molar-refractivity contribution is -0.0574. The average Bonchev–Trinajstić information content (AvgIpc) is 2.74. The second-order valence-electron chi connectivity index (χ2n) is 8.69. The molecule has 3 nitrogen and oxygen atoms in total. The minimum Gasteiger partial charge on any atom is -0.389 e. The average molecular weight is 377 g/mol. The zero-order valence-corrected chi connectivity index (χ0v) is 16.9. The molecule has 1 N–H and O–H groups in total. The Balaban J connectivity index is 1.30. The Kier molecular flexibility index (Phi) is 5.93. The summed E-state index contributed by atoms with van der Waals surface area (Å²) in [6.07, 6.45) is 12.5. The van der Waals surface area contributed by atoms with Gasteiger partial charge < -0.3 is 10.0 Å². The van der Waals surface area contributed by atoms with Gasteiger partial charge in [0, 0.05) is 24.9 Å². The third kappa shape index (κ3) is 4.37. The van der Waals surface area contributed by atoms with Gasteiger partial charge in [-0.05, 0) is 80.8 Å². The number of aryl methyl sites for hydroxylation is 1. The van der Waals surface area contributed by atoms with Crippen LogP contribution in [0.25, 0.3) is 5.57 Å². The molecule has 1 aromatic carbocycles. The molecule has 1 aromatic heterocycles. The number of fused-ring (bicyclic) bond motifs is 2. The van der Waals surface area contributed by atoms with E-state index < -0.39 is 5.60 Å². The van der Waals surface area contributed by atoms with E-state index in [0.717, 1.165) is 45.2 Å². The molecule has 2 bridgehead atoms. The topological polar surface area (TPSA) is 36.4 Å². The van der Waals surface area contributed by atoms with Crippen LogP contribution in [0, 0.1) is 11.8 Å². The standard InChI is InChI=1S/C25H32N2O/c1-27(15-6-8-20-7-5-14-26-19-20)16-13-25(28)18-22-11-12-23(25)17-24(22)21-9-3-2-4-10-21/h2-5,7,9-10,14,17,19,22-23,28H,6,8,11-13,15-16,18H2,1H3/t22-,23?,25?/m0/s1. The first-order chi connectivity index (χ1) is 13.6. The number of aliphatic hydroxyl groups is 1. The molecule has 0 amide bonds. The number of aromatic nitrogens is 1. The SMILES string of the molecule is CN(CCCc1cccnc1)CCC1(O)C[C@@H]2CCC1C=C2c1ccccc1. The summed E-state index contributed by atoms with van der Waals surface area (Å²) >= 11 is 0. The monoisotopic (exact) mass is 376 g/mol. The van der Waals surface area contributed by atoms with Gasteiger partial charge >= 0.3 is 0 Å². The first-order valence-corrected chi connectivity index (χ1v) is 10.7. The van der Waals surface area contributed by atoms with E-state index in [2.05, 4.69) is 59.4 Å². The molecule has 28 heavy (non-hydrogen) atoms. The number of allylic oxidation sites excluding steroid dienone is 1. The highest BCUT2D eigenvalue weighted by atomic mass is 16.3. The van der Waals surface area contributed by atoms with Gasteiger partial charge in [-0.2, -0.15) is 0 Å². The summed E-state index contributed by atoms with van der Waals surface area (Å²) in [6, 6.07) is 14.9. The number of rotatable bonds is 8. The Morgan fingerprint density at radius 1 is 1.11 bits per heavy atom. The number of pyridine rings is 1. The van der Waals surface area contributed by atoms with Gasteiger partial charge in [0.05, 0.1) is 5.60 Å². The Morgan fingerprint density at radius 2 is 1.96 bits per heavy atom. The molecule has 0 aliphatic heterocycles. The van der Waals surface area contributed by atoms with Crippen molar-refractivity contribution in [2.45, 2.75) is 44.1 Å². The fourth-order valence-electron chi connectivity index (χ4n) is 5.03. The van der Waals surface area contributed by atoms with Gasteiger partial charge in [0.1, 0.15) is 0 Å². The molecule has 0 spiro atoms. The van der Waals surface area contributed by atoms with Gasteiger partial charge in [-0.3, -0.25) is 4.98 Å². The van der Waals surface area contributed by atoms with Crippen LogP contribution in [0.2, 0.25) is 0 Å². The Bertz CT molecular complexity index is 789. The van der Waals surface area contributed by atoms with Crippen LogP contribution in [0.15, 0.2) is 60.9 Å². The van der Waals surface area contributed by atoms with Crippen LogP contribution >= 0.6 is 0 Å². The van der Waals surface area contributed by atoms with Crippen molar-refractivity contribution in [1.82, 2.24) is 9.88 Å². The number of hydrogen-bond acceptors (Lipinski definition) is 3. The molecule has 2 aromatic rings. The summed E-state index contributed by atoms with van der Waals surface area (Å²) < 4.78 is 0. The zero-order valence-electron chi connectivity index (χ0n) is 16.9. The summed E-state index contributed by atoms with van der Waals surface area (Å²) in [6.45, 7) is 2.02. The molecule has 148 valence electrons. The highest BCUT2D eigenvalue weighted by molar-refractivity contribution is 5.69. The molecule has 1 saturated carbocycles. The van der Waals surface area contributed by atoms with Crippen LogP contribution in [0.5, 0.6) is 0 Å². The molecule has 1 heterocycles. The second kappa shape index (κ2) is 8.59. The van der Waals surface area contributed by atoms with E-state index in [9.17, 15) is 5.11 Å². The molecule has 3 heteroatoms. The van der Waals surface area contributed by atoms with Crippen molar-refractivity contribution in [3.63, 3.8) is 0 Å². The molecule has 3 atom stereocenters. The second-order valence-corrected chi connectivity index (χ2v) is 8.69. The van der Waals surface area contributed by atoms with Crippen molar-refractivity contribution < 1.29 is 5.11 Å². The summed E-state index contributed by atoms with van der Waals surface area (Å²) in [7, 11) is 2.18. The fraction of sp³-hybridized carbons (Fsp3) is 0.480. The number of benzene rings is 1. The molecule has 1 fully saturated rings. The molecule has 2 unspecified atom stereocenters. The van der Waals surface area contributed by atoms with Crippen molar-refractivity contribution in [3.8, 4) is 0 Å². The van der Waals surface area contributed by atoms with Crippen molar-refractivity contribution in [3.05, 3.63) is 72.1 Å². The third-order valence-corrected chi connectivity index (χ3v) is 6.70. The molecule has 3 aliphatic carbocycles. The van der Waals surface area contributed by atoms with Gasteiger partial charge in [-0.25, -0.2) is 0 Å². The summed E-state index contributed by atoms with van der Waals surface area (Å²) in [5.74, 6) is 0.810. The summed E-state index contributed by atoms with van der Waals surface area (Å²) in [5, 5.41) is 11.4. The maximum atomic E-state index is 11.4. The van der Waals surface area contributed by atoms with Crippen molar-refractivity contribution >= 4 is 5.57 Å². The van der Waals surface area contributed by atoms with E-state index in [-0.39, 0.29) is 0 Å². The van der Waals surface area contributed by atoms with Crippen molar-refractivity contribution in [1.29, 1.82) is 0 Å². The van der Waals surface area contributed by atoms with Crippen LogP contribution in [0.4, 0.5) is 0 Å². The lowest BCUT2D eigenvalue weighted by Gasteiger charge is -2.48. The maximum Gasteiger partial charge on any atom is 0.0728 e. The van der Waals surface area contributed by atoms with Gasteiger partial charge in [0.15, 0.2) is 0 Å². The van der Waals surface area contributed by atoms with E-state index in [0.29, 0.717) is 11.8 Å². The van der Waals surface area contributed by atoms with Crippen molar-refractivity contribution in [2.75, 3.05) is 20.1 Å². The van der Waals surface area contributed by atoms with E-state index in [4.69, 9.17) is 0 Å². The Morgan fingerprint density at radius 3 is 2.68 bits per heavy atom. The van der Waals surface area contributed by atoms with Crippen LogP contribution in [-0.4, -0.2) is 40.7 Å². The maximum absolute atomic E-state index is 11.4. The quantitative estimate of drug-likeness (QED) is 0.732. The predicted molar refractivity (Wildman–Crippen MR) is 115 cm³/mol. The Labute approximate surface area is 169 Å². The van der Waals surface area contributed by atoms with E-state index in [1.807, 2.05) is 18.5 Å². The normalized spacial score (nSPS) is 26.5. The smallest absolute Gasteiger partial charge is 0.0728 e. The highest BCUT2D eigenvalue weighted by Gasteiger charge is 2.46. The summed E-state index contributed by atoms with van der Waals surface area (Å²) in [4.78, 5) is 6.56. The molecular formula is C25H32N2O. The van der Waals surface area contributed by atoms with Gasteiger partial charge in [0.25, 0.3) is 0 Å². The number of hydrogen-bond donors (Lipinski definition) is 1. The minimum atomic E-state index is -0.529. The molecular weight excluding hydrogens is 344 g/mol. The third-order valence-electron chi connectivity index (χ3n) is 6.70. The summed E-state index contributed by atoms with van der Waals surface area (Å²) in [5.41, 5.74) is 3.58. The zero-order chi connectivity index (χ0) is 19.4. The molecule has 5 rings (SSSR count). The first-order valence-electron chi connectivity index (χ1n) is 10.7. The lowest BCUT2D eigenvalue weighted by atomic mass is 9.61. The van der Waals surface area contributed by atoms with Crippen LogP contribution in [-0.2, 0) is 6.42 Å². The number of nitrogens with zero attached hydrogens (tertiary/aromatic N) is 2. The van der Waals surface area contributed by atoms with Crippen LogP contribution in [0.1, 0.15) is 43.2 Å². The highest BCUT2D eigenvalue weighted by Crippen LogP contribution is 2.51. The Hall–Kier alpha value is -1.97. The van der Waals surface area contributed by atoms with E-state index in [1.165, 1.54) is 23.1 Å². The van der Waals surface area contributed by atoms with E-state index >= 15 is 0 Å². The van der Waals surface area contributed by atoms with Crippen molar-refractivity contribution in [2.24, 2.45) is 11.8 Å². The first kappa shape index (κ1) is 19.4.